The third kappa shape index (κ3) is 2.59. The summed E-state index contributed by atoms with van der Waals surface area (Å²) in [4.78, 5) is 14.5. The Morgan fingerprint density at radius 3 is 2.76 bits per heavy atom. The smallest absolute Gasteiger partial charge is 0.270 e. The van der Waals surface area contributed by atoms with Crippen molar-refractivity contribution >= 4 is 46.0 Å². The average molecular weight is 316 g/mol. The zero-order valence-corrected chi connectivity index (χ0v) is 12.8. The lowest BCUT2D eigenvalue weighted by Gasteiger charge is -2.14. The number of carbonyl (C=O) groups is 1. The van der Waals surface area contributed by atoms with Crippen LogP contribution in [0.15, 0.2) is 47.5 Å². The van der Waals surface area contributed by atoms with Crippen LogP contribution >= 0.6 is 24.0 Å². The summed E-state index contributed by atoms with van der Waals surface area (Å²) in [6.45, 7) is 0. The number of aromatic nitrogens is 1. The van der Waals surface area contributed by atoms with Gasteiger partial charge in [0.15, 0.2) is 4.32 Å². The largest absolute Gasteiger partial charge is 0.508 e. The average Bonchev–Trinajstić information content (AvgIpc) is 2.95. The number of thioether (sulfide) groups is 1. The van der Waals surface area contributed by atoms with Crippen molar-refractivity contribution in [3.63, 3.8) is 0 Å². The van der Waals surface area contributed by atoms with E-state index in [2.05, 4.69) is 0 Å². The molecule has 0 spiro atoms. The summed E-state index contributed by atoms with van der Waals surface area (Å²) in [5, 5.41) is 9.55. The van der Waals surface area contributed by atoms with Gasteiger partial charge in [-0.15, -0.1) is 0 Å². The number of aryl methyl sites for hydroxylation is 1. The van der Waals surface area contributed by atoms with Gasteiger partial charge in [0, 0.05) is 25.0 Å². The van der Waals surface area contributed by atoms with Gasteiger partial charge in [0.2, 0.25) is 0 Å². The third-order valence-corrected chi connectivity index (χ3v) is 4.45. The molecule has 0 saturated carbocycles. The number of anilines is 1. The van der Waals surface area contributed by atoms with Gasteiger partial charge in [0.05, 0.1) is 10.6 Å². The Labute approximate surface area is 131 Å². The molecule has 1 saturated heterocycles. The zero-order chi connectivity index (χ0) is 15.0. The third-order valence-electron chi connectivity index (χ3n) is 3.14. The molecule has 21 heavy (non-hydrogen) atoms. The van der Waals surface area contributed by atoms with E-state index in [1.165, 1.54) is 22.7 Å². The molecule has 0 aliphatic carbocycles. The molecule has 0 bridgehead atoms. The van der Waals surface area contributed by atoms with E-state index >= 15 is 0 Å². The summed E-state index contributed by atoms with van der Waals surface area (Å²) in [5.74, 6) is -0.0650. The molecule has 106 valence electrons. The first-order chi connectivity index (χ1) is 10.1. The number of thiocarbonyl (C=S) groups is 1. The quantitative estimate of drug-likeness (QED) is 0.683. The van der Waals surface area contributed by atoms with Gasteiger partial charge in [-0.2, -0.15) is 0 Å². The van der Waals surface area contributed by atoms with E-state index in [4.69, 9.17) is 12.2 Å². The molecule has 1 amide bonds. The molecule has 1 aliphatic rings. The molecule has 3 rings (SSSR count). The van der Waals surface area contributed by atoms with Crippen LogP contribution in [0.2, 0.25) is 0 Å². The van der Waals surface area contributed by atoms with E-state index in [0.717, 1.165) is 5.69 Å². The Hall–Kier alpha value is -2.05. The second-order valence-corrected chi connectivity index (χ2v) is 6.26. The lowest BCUT2D eigenvalue weighted by Crippen LogP contribution is -2.27. The molecule has 1 aliphatic heterocycles. The second kappa shape index (κ2) is 5.38. The zero-order valence-electron chi connectivity index (χ0n) is 11.2. The first kappa shape index (κ1) is 13.9. The fourth-order valence-corrected chi connectivity index (χ4v) is 3.36. The number of amides is 1. The lowest BCUT2D eigenvalue weighted by molar-refractivity contribution is -0.113. The Bertz CT molecular complexity index is 765. The van der Waals surface area contributed by atoms with Crippen LogP contribution in [0.3, 0.4) is 0 Å². The number of aromatic hydroxyl groups is 1. The Morgan fingerprint density at radius 2 is 2.10 bits per heavy atom. The summed E-state index contributed by atoms with van der Waals surface area (Å²) >= 11 is 6.55. The maximum absolute atomic E-state index is 12.5. The predicted molar refractivity (Wildman–Crippen MR) is 89.2 cm³/mol. The minimum atomic E-state index is -0.170. The molecule has 1 aromatic heterocycles. The van der Waals surface area contributed by atoms with Crippen LogP contribution < -0.4 is 4.90 Å². The van der Waals surface area contributed by atoms with Crippen LogP contribution in [0.25, 0.3) is 6.08 Å². The van der Waals surface area contributed by atoms with Crippen molar-refractivity contribution in [2.75, 3.05) is 4.90 Å². The molecule has 0 unspecified atom stereocenters. The van der Waals surface area contributed by atoms with Crippen molar-refractivity contribution in [1.29, 1.82) is 0 Å². The number of benzene rings is 1. The van der Waals surface area contributed by atoms with Crippen molar-refractivity contribution in [2.24, 2.45) is 7.05 Å². The molecular formula is C15H12N2O2S2. The normalized spacial score (nSPS) is 17.0. The van der Waals surface area contributed by atoms with Gasteiger partial charge in [-0.05, 0) is 30.3 Å². The van der Waals surface area contributed by atoms with E-state index in [1.807, 2.05) is 36.0 Å². The highest BCUT2D eigenvalue weighted by molar-refractivity contribution is 8.27. The minimum absolute atomic E-state index is 0.105. The summed E-state index contributed by atoms with van der Waals surface area (Å²) in [6, 6.07) is 10.4. The number of hydrogen-bond acceptors (Lipinski definition) is 4. The van der Waals surface area contributed by atoms with Crippen molar-refractivity contribution in [3.8, 4) is 5.75 Å². The molecule has 2 aromatic rings. The Balaban J connectivity index is 1.96. The predicted octanol–water partition coefficient (Wildman–Crippen LogP) is 3.14. The first-order valence-corrected chi connectivity index (χ1v) is 7.47. The number of carbonyl (C=O) groups excluding carboxylic acids is 1. The first-order valence-electron chi connectivity index (χ1n) is 6.24. The van der Waals surface area contributed by atoms with Crippen LogP contribution in [0.1, 0.15) is 5.69 Å². The number of phenols is 1. The van der Waals surface area contributed by atoms with Crippen LogP contribution in [0.4, 0.5) is 5.69 Å². The van der Waals surface area contributed by atoms with E-state index in [0.29, 0.717) is 14.9 Å². The Kier molecular flexibility index (Phi) is 3.57. The standard InChI is InChI=1S/C15H12N2O2S2/c1-16-7-3-5-10(16)9-13-14(19)17(15(20)21-13)11-4-2-6-12(18)8-11/h2-9,18H,1H3. The maximum Gasteiger partial charge on any atom is 0.270 e. The lowest BCUT2D eigenvalue weighted by atomic mass is 10.2. The van der Waals surface area contributed by atoms with E-state index in [-0.39, 0.29) is 11.7 Å². The highest BCUT2D eigenvalue weighted by Gasteiger charge is 2.33. The monoisotopic (exact) mass is 316 g/mol. The molecule has 1 aromatic carbocycles. The number of nitrogens with zero attached hydrogens (tertiary/aromatic N) is 2. The Morgan fingerprint density at radius 1 is 1.29 bits per heavy atom. The van der Waals surface area contributed by atoms with Crippen molar-refractivity contribution < 1.29 is 9.90 Å². The van der Waals surface area contributed by atoms with Gasteiger partial charge in [-0.1, -0.05) is 30.0 Å². The van der Waals surface area contributed by atoms with Crippen molar-refractivity contribution in [3.05, 3.63) is 53.2 Å². The summed E-state index contributed by atoms with van der Waals surface area (Å²) in [6.07, 6.45) is 3.74. The van der Waals surface area contributed by atoms with Crippen LogP contribution in [-0.2, 0) is 11.8 Å². The maximum atomic E-state index is 12.5. The van der Waals surface area contributed by atoms with E-state index in [9.17, 15) is 9.90 Å². The fourth-order valence-electron chi connectivity index (χ4n) is 2.08. The molecule has 2 heterocycles. The molecule has 6 heteroatoms. The SMILES string of the molecule is Cn1cccc1C=C1SC(=S)N(c2cccc(O)c2)C1=O. The summed E-state index contributed by atoms with van der Waals surface area (Å²) < 4.78 is 2.40. The van der Waals surface area contributed by atoms with Gasteiger partial charge in [-0.25, -0.2) is 0 Å². The van der Waals surface area contributed by atoms with E-state index in [1.54, 1.807) is 18.2 Å². The summed E-state index contributed by atoms with van der Waals surface area (Å²) in [5.41, 5.74) is 1.51. The molecule has 1 fully saturated rings. The van der Waals surface area contributed by atoms with Crippen molar-refractivity contribution in [1.82, 2.24) is 4.57 Å². The molecule has 1 N–H and O–H groups in total. The number of phenolic OH excluding ortho intramolecular Hbond substituents is 1. The molecule has 0 radical (unpaired) electrons. The fraction of sp³-hybridized carbons (Fsp3) is 0.0667. The van der Waals surface area contributed by atoms with Gasteiger partial charge in [0.1, 0.15) is 5.75 Å². The molecular weight excluding hydrogens is 304 g/mol. The highest BCUT2D eigenvalue weighted by Crippen LogP contribution is 2.36. The van der Waals surface area contributed by atoms with Crippen LogP contribution in [0, 0.1) is 0 Å². The van der Waals surface area contributed by atoms with Gasteiger partial charge in [-0.3, -0.25) is 9.69 Å². The molecule has 0 atom stereocenters. The molecule has 4 nitrogen and oxygen atoms in total. The summed E-state index contributed by atoms with van der Waals surface area (Å²) in [7, 11) is 1.92. The topological polar surface area (TPSA) is 45.5 Å². The number of hydrogen-bond donors (Lipinski definition) is 1. The van der Waals surface area contributed by atoms with Gasteiger partial charge in [0.25, 0.3) is 5.91 Å². The minimum Gasteiger partial charge on any atom is -0.508 e. The highest BCUT2D eigenvalue weighted by atomic mass is 32.2. The van der Waals surface area contributed by atoms with Crippen LogP contribution in [0.5, 0.6) is 5.75 Å². The van der Waals surface area contributed by atoms with Gasteiger partial charge >= 0.3 is 0 Å². The second-order valence-electron chi connectivity index (χ2n) is 4.58. The van der Waals surface area contributed by atoms with Crippen molar-refractivity contribution in [2.45, 2.75) is 0 Å². The van der Waals surface area contributed by atoms with E-state index < -0.39 is 0 Å². The van der Waals surface area contributed by atoms with Crippen LogP contribution in [-0.4, -0.2) is 19.9 Å². The van der Waals surface area contributed by atoms with Gasteiger partial charge < -0.3 is 9.67 Å². The number of rotatable bonds is 2.